The van der Waals surface area contributed by atoms with Crippen LogP contribution >= 0.6 is 24.0 Å². The fourth-order valence-electron chi connectivity index (χ4n) is 3.87. The number of benzene rings is 1. The number of hydrogen-bond donors (Lipinski definition) is 1. The third-order valence-corrected chi connectivity index (χ3v) is 5.34. The Bertz CT molecular complexity index is 770. The smallest absolute Gasteiger partial charge is 0.194 e. The molecule has 1 aromatic carbocycles. The van der Waals surface area contributed by atoms with Crippen LogP contribution in [-0.2, 0) is 19.5 Å². The average Bonchev–Trinajstić information content (AvgIpc) is 3.14. The van der Waals surface area contributed by atoms with Gasteiger partial charge < -0.3 is 19.5 Å². The molecule has 0 radical (unpaired) electrons. The van der Waals surface area contributed by atoms with Crippen molar-refractivity contribution in [1.29, 1.82) is 0 Å². The minimum absolute atomic E-state index is 0. The maximum atomic E-state index is 6.09. The van der Waals surface area contributed by atoms with Gasteiger partial charge in [-0.15, -0.1) is 34.2 Å². The Morgan fingerprint density at radius 1 is 1.14 bits per heavy atom. The summed E-state index contributed by atoms with van der Waals surface area (Å²) in [6, 6.07) is 10.1. The van der Waals surface area contributed by atoms with E-state index >= 15 is 0 Å². The number of halogens is 1. The molecule has 152 valence electrons. The highest BCUT2D eigenvalue weighted by molar-refractivity contribution is 14.0. The Labute approximate surface area is 183 Å². The van der Waals surface area contributed by atoms with Crippen LogP contribution in [-0.4, -0.2) is 51.9 Å². The summed E-state index contributed by atoms with van der Waals surface area (Å²) in [6.07, 6.45) is 5.72. The molecule has 1 saturated heterocycles. The molecule has 1 aromatic heterocycles. The maximum Gasteiger partial charge on any atom is 0.194 e. The van der Waals surface area contributed by atoms with Crippen LogP contribution in [0.2, 0.25) is 0 Å². The normalized spacial score (nSPS) is 17.6. The van der Waals surface area contributed by atoms with Crippen molar-refractivity contribution >= 4 is 29.9 Å². The first-order chi connectivity index (χ1) is 13.3. The monoisotopic (exact) mass is 496 g/mol. The van der Waals surface area contributed by atoms with E-state index in [1.54, 1.807) is 0 Å². The number of aromatic nitrogens is 3. The van der Waals surface area contributed by atoms with Gasteiger partial charge in [0, 0.05) is 45.9 Å². The molecule has 0 spiro atoms. The molecule has 2 aromatic rings. The largest absolute Gasteiger partial charge is 0.490 e. The first kappa shape index (κ1) is 20.9. The molecule has 2 aliphatic rings. The van der Waals surface area contributed by atoms with Crippen LogP contribution < -0.4 is 10.1 Å². The molecule has 0 amide bonds. The third kappa shape index (κ3) is 4.95. The number of para-hydroxylation sites is 1. The number of hydrogen-bond acceptors (Lipinski definition) is 4. The molecule has 3 heterocycles. The minimum Gasteiger partial charge on any atom is -0.490 e. The quantitative estimate of drug-likeness (QED) is 0.401. The second-order valence-electron chi connectivity index (χ2n) is 7.16. The Morgan fingerprint density at radius 3 is 2.68 bits per heavy atom. The van der Waals surface area contributed by atoms with E-state index < -0.39 is 0 Å². The van der Waals surface area contributed by atoms with E-state index in [0.717, 1.165) is 62.3 Å². The second-order valence-corrected chi connectivity index (χ2v) is 7.16. The van der Waals surface area contributed by atoms with Gasteiger partial charge in [0.1, 0.15) is 17.7 Å². The van der Waals surface area contributed by atoms with Gasteiger partial charge in [-0.3, -0.25) is 4.99 Å². The average molecular weight is 496 g/mol. The summed E-state index contributed by atoms with van der Waals surface area (Å²) < 4.78 is 8.34. The third-order valence-electron chi connectivity index (χ3n) is 5.34. The van der Waals surface area contributed by atoms with Gasteiger partial charge in [-0.25, -0.2) is 0 Å². The fraction of sp³-hybridized carbons (Fsp3) is 0.550. The van der Waals surface area contributed by atoms with Gasteiger partial charge in [0.05, 0.1) is 6.54 Å². The molecular weight excluding hydrogens is 467 g/mol. The molecule has 0 aliphatic carbocycles. The lowest BCUT2D eigenvalue weighted by Gasteiger charge is -2.34. The predicted octanol–water partition coefficient (Wildman–Crippen LogP) is 2.85. The topological polar surface area (TPSA) is 67.6 Å². The Balaban J connectivity index is 0.00000225. The number of nitrogens with zero attached hydrogens (tertiary/aromatic N) is 5. The number of nitrogens with one attached hydrogen (secondary N) is 1. The van der Waals surface area contributed by atoms with Crippen LogP contribution in [0, 0.1) is 0 Å². The van der Waals surface area contributed by atoms with Gasteiger partial charge >= 0.3 is 0 Å². The van der Waals surface area contributed by atoms with Crippen LogP contribution in [0.4, 0.5) is 0 Å². The summed E-state index contributed by atoms with van der Waals surface area (Å²) in [5.41, 5.74) is 0. The molecule has 0 atom stereocenters. The summed E-state index contributed by atoms with van der Waals surface area (Å²) in [6.45, 7) is 3.57. The fourth-order valence-corrected chi connectivity index (χ4v) is 3.87. The van der Waals surface area contributed by atoms with Crippen molar-refractivity contribution in [3.8, 4) is 5.75 Å². The zero-order chi connectivity index (χ0) is 18.5. The Morgan fingerprint density at radius 2 is 1.93 bits per heavy atom. The first-order valence-electron chi connectivity index (χ1n) is 9.92. The van der Waals surface area contributed by atoms with E-state index in [1.165, 1.54) is 12.8 Å². The minimum atomic E-state index is 0. The van der Waals surface area contributed by atoms with Crippen molar-refractivity contribution in [3.05, 3.63) is 42.0 Å². The number of aryl methyl sites for hydroxylation is 1. The maximum absolute atomic E-state index is 6.09. The molecule has 0 bridgehead atoms. The van der Waals surface area contributed by atoms with E-state index in [4.69, 9.17) is 4.74 Å². The SMILES string of the molecule is CN=C(NCc1nnc2n1CCCC2)N1CCC(Oc2ccccc2)CC1.I. The van der Waals surface area contributed by atoms with Crippen LogP contribution in [0.3, 0.4) is 0 Å². The summed E-state index contributed by atoms with van der Waals surface area (Å²) >= 11 is 0. The van der Waals surface area contributed by atoms with Gasteiger partial charge in [0.2, 0.25) is 0 Å². The van der Waals surface area contributed by atoms with Crippen molar-refractivity contribution < 1.29 is 4.74 Å². The van der Waals surface area contributed by atoms with Gasteiger partial charge in [-0.05, 0) is 25.0 Å². The first-order valence-corrected chi connectivity index (χ1v) is 9.92. The highest BCUT2D eigenvalue weighted by Crippen LogP contribution is 2.19. The lowest BCUT2D eigenvalue weighted by Crippen LogP contribution is -2.47. The number of rotatable bonds is 4. The van der Waals surface area contributed by atoms with E-state index in [2.05, 4.69) is 30.0 Å². The van der Waals surface area contributed by atoms with E-state index in [0.29, 0.717) is 6.54 Å². The molecule has 0 unspecified atom stereocenters. The van der Waals surface area contributed by atoms with Crippen molar-refractivity contribution in [2.75, 3.05) is 20.1 Å². The number of likely N-dealkylation sites (tertiary alicyclic amines) is 1. The summed E-state index contributed by atoms with van der Waals surface area (Å²) in [4.78, 5) is 6.77. The van der Waals surface area contributed by atoms with Gasteiger partial charge in [0.25, 0.3) is 0 Å². The Kier molecular flexibility index (Phi) is 7.52. The number of guanidine groups is 1. The van der Waals surface area contributed by atoms with Crippen LogP contribution in [0.25, 0.3) is 0 Å². The molecule has 1 fully saturated rings. The molecule has 1 N–H and O–H groups in total. The molecule has 28 heavy (non-hydrogen) atoms. The Hall–Kier alpha value is -1.84. The van der Waals surface area contributed by atoms with Crippen LogP contribution in [0.15, 0.2) is 35.3 Å². The van der Waals surface area contributed by atoms with E-state index in [1.807, 2.05) is 37.4 Å². The van der Waals surface area contributed by atoms with Crippen molar-refractivity contribution in [3.63, 3.8) is 0 Å². The molecule has 2 aliphatic heterocycles. The predicted molar refractivity (Wildman–Crippen MR) is 120 cm³/mol. The van der Waals surface area contributed by atoms with Crippen molar-refractivity contribution in [2.24, 2.45) is 4.99 Å². The molecule has 0 saturated carbocycles. The lowest BCUT2D eigenvalue weighted by atomic mass is 10.1. The lowest BCUT2D eigenvalue weighted by molar-refractivity contribution is 0.129. The molecule has 4 rings (SSSR count). The zero-order valence-corrected chi connectivity index (χ0v) is 18.7. The molecule has 7 nitrogen and oxygen atoms in total. The molecular formula is C20H29IN6O. The highest BCUT2D eigenvalue weighted by atomic mass is 127. The van der Waals surface area contributed by atoms with Crippen molar-refractivity contribution in [1.82, 2.24) is 25.0 Å². The number of aliphatic imine (C=N–C) groups is 1. The van der Waals surface area contributed by atoms with E-state index in [-0.39, 0.29) is 30.1 Å². The number of ether oxygens (including phenoxy) is 1. The van der Waals surface area contributed by atoms with Crippen LogP contribution in [0.1, 0.15) is 37.3 Å². The number of piperidine rings is 1. The van der Waals surface area contributed by atoms with Crippen LogP contribution in [0.5, 0.6) is 5.75 Å². The standard InChI is InChI=1S/C20H28N6O.HI/c1-21-20(22-15-19-24-23-18-9-5-6-12-26(18)19)25-13-10-17(11-14-25)27-16-7-3-2-4-8-16;/h2-4,7-8,17H,5-6,9-15H2,1H3,(H,21,22);1H. The second kappa shape index (κ2) is 10.1. The van der Waals surface area contributed by atoms with E-state index in [9.17, 15) is 0 Å². The summed E-state index contributed by atoms with van der Waals surface area (Å²) in [7, 11) is 1.84. The molecule has 8 heteroatoms. The van der Waals surface area contributed by atoms with Gasteiger partial charge in [0.15, 0.2) is 11.8 Å². The van der Waals surface area contributed by atoms with Gasteiger partial charge in [-0.1, -0.05) is 18.2 Å². The summed E-state index contributed by atoms with van der Waals surface area (Å²) in [5, 5.41) is 12.2. The highest BCUT2D eigenvalue weighted by Gasteiger charge is 2.23. The van der Waals surface area contributed by atoms with Gasteiger partial charge in [-0.2, -0.15) is 0 Å². The number of fused-ring (bicyclic) bond motifs is 1. The summed E-state index contributed by atoms with van der Waals surface area (Å²) in [5.74, 6) is 4.01. The zero-order valence-electron chi connectivity index (χ0n) is 16.4. The van der Waals surface area contributed by atoms with Crippen molar-refractivity contribution in [2.45, 2.75) is 51.3 Å².